The molecular formula is C20H19FN4O3. The van der Waals surface area contributed by atoms with Gasteiger partial charge in [0.05, 0.1) is 24.9 Å². The number of hydrogen-bond donors (Lipinski definition) is 0. The molecule has 28 heavy (non-hydrogen) atoms. The van der Waals surface area contributed by atoms with Crippen LogP contribution in [0.4, 0.5) is 4.39 Å². The zero-order chi connectivity index (χ0) is 20.0. The number of rotatable bonds is 4. The van der Waals surface area contributed by atoms with Crippen molar-refractivity contribution in [2.45, 2.75) is 20.4 Å². The van der Waals surface area contributed by atoms with E-state index in [2.05, 4.69) is 10.1 Å². The summed E-state index contributed by atoms with van der Waals surface area (Å²) in [6.07, 6.45) is 1.58. The molecule has 4 rings (SSSR count). The Labute approximate surface area is 160 Å². The van der Waals surface area contributed by atoms with E-state index in [0.29, 0.717) is 17.0 Å². The Hall–Kier alpha value is -3.42. The molecule has 0 radical (unpaired) electrons. The quantitative estimate of drug-likeness (QED) is 0.542. The normalized spacial score (nSPS) is 11.3. The molecule has 0 aliphatic carbocycles. The second kappa shape index (κ2) is 6.63. The summed E-state index contributed by atoms with van der Waals surface area (Å²) in [6.45, 7) is 4.06. The summed E-state index contributed by atoms with van der Waals surface area (Å²) in [7, 11) is 3.36. The zero-order valence-electron chi connectivity index (χ0n) is 16.0. The summed E-state index contributed by atoms with van der Waals surface area (Å²) in [5, 5.41) is 4.38. The Morgan fingerprint density at radius 2 is 2.00 bits per heavy atom. The molecule has 0 saturated heterocycles. The standard InChI is InChI=1S/C20H19FN4O3/c1-11-15(12(2)24(3)23-11)10-25-17-8-14(7-16(21)19(17)28-20(25)26)13-5-6-22-18(9-13)27-4/h5-9H,10H2,1-4H3. The van der Waals surface area contributed by atoms with Gasteiger partial charge >= 0.3 is 5.76 Å². The first kappa shape index (κ1) is 18.0. The Kier molecular flexibility index (Phi) is 4.26. The SMILES string of the molecule is COc1cc(-c2cc(F)c3oc(=O)n(Cc4c(C)nn(C)c4C)c3c2)ccn1. The van der Waals surface area contributed by atoms with Gasteiger partial charge in [0.2, 0.25) is 5.88 Å². The molecule has 1 aromatic carbocycles. The van der Waals surface area contributed by atoms with Crippen molar-refractivity contribution in [3.8, 4) is 17.0 Å². The van der Waals surface area contributed by atoms with Crippen LogP contribution in [0.3, 0.4) is 0 Å². The summed E-state index contributed by atoms with van der Waals surface area (Å²) in [4.78, 5) is 16.5. The van der Waals surface area contributed by atoms with Gasteiger partial charge in [-0.3, -0.25) is 9.25 Å². The number of ether oxygens (including phenoxy) is 1. The van der Waals surface area contributed by atoms with Crippen LogP contribution in [-0.4, -0.2) is 26.4 Å². The van der Waals surface area contributed by atoms with Gasteiger partial charge in [0.15, 0.2) is 11.4 Å². The van der Waals surface area contributed by atoms with E-state index in [1.165, 1.54) is 17.7 Å². The summed E-state index contributed by atoms with van der Waals surface area (Å²) in [5.41, 5.74) is 4.31. The second-order valence-electron chi connectivity index (χ2n) is 6.62. The fraction of sp³-hybridized carbons (Fsp3) is 0.250. The molecule has 0 fully saturated rings. The lowest BCUT2D eigenvalue weighted by Gasteiger charge is -2.07. The number of halogens is 1. The van der Waals surface area contributed by atoms with Crippen LogP contribution < -0.4 is 10.5 Å². The maximum absolute atomic E-state index is 14.7. The van der Waals surface area contributed by atoms with Crippen LogP contribution >= 0.6 is 0 Å². The number of nitrogens with zero attached hydrogens (tertiary/aromatic N) is 4. The lowest BCUT2D eigenvalue weighted by atomic mass is 10.1. The Balaban J connectivity index is 1.89. The lowest BCUT2D eigenvalue weighted by Crippen LogP contribution is -2.15. The lowest BCUT2D eigenvalue weighted by molar-refractivity contribution is 0.398. The largest absolute Gasteiger partial charge is 0.481 e. The first-order valence-corrected chi connectivity index (χ1v) is 8.71. The number of methoxy groups -OCH3 is 1. The fourth-order valence-corrected chi connectivity index (χ4v) is 3.34. The number of oxazole rings is 1. The molecule has 8 heteroatoms. The third-order valence-electron chi connectivity index (χ3n) is 4.98. The molecule has 0 saturated carbocycles. The van der Waals surface area contributed by atoms with E-state index >= 15 is 0 Å². The fourth-order valence-electron chi connectivity index (χ4n) is 3.34. The van der Waals surface area contributed by atoms with Crippen LogP contribution in [0, 0.1) is 19.7 Å². The second-order valence-corrected chi connectivity index (χ2v) is 6.62. The average molecular weight is 382 g/mol. The van der Waals surface area contributed by atoms with Gasteiger partial charge in [-0.05, 0) is 43.2 Å². The minimum absolute atomic E-state index is 0.0611. The van der Waals surface area contributed by atoms with Gasteiger partial charge in [-0.15, -0.1) is 0 Å². The molecule has 3 aromatic heterocycles. The molecule has 0 amide bonds. The molecule has 0 aliphatic heterocycles. The molecule has 0 N–H and O–H groups in total. The van der Waals surface area contributed by atoms with Crippen LogP contribution in [0.15, 0.2) is 39.7 Å². The predicted molar refractivity (Wildman–Crippen MR) is 102 cm³/mol. The number of benzene rings is 1. The van der Waals surface area contributed by atoms with E-state index in [1.54, 1.807) is 29.1 Å². The predicted octanol–water partition coefficient (Wildman–Crippen LogP) is 3.20. The maximum atomic E-state index is 14.7. The molecular weight excluding hydrogens is 363 g/mol. The Morgan fingerprint density at radius 3 is 2.68 bits per heavy atom. The summed E-state index contributed by atoms with van der Waals surface area (Å²) in [6, 6.07) is 6.53. The molecule has 0 bridgehead atoms. The van der Waals surface area contributed by atoms with Gasteiger partial charge in [-0.25, -0.2) is 14.2 Å². The average Bonchev–Trinajstić information content (AvgIpc) is 3.13. The van der Waals surface area contributed by atoms with Crippen molar-refractivity contribution in [3.05, 3.63) is 63.8 Å². The van der Waals surface area contributed by atoms with Gasteiger partial charge in [-0.1, -0.05) is 0 Å². The summed E-state index contributed by atoms with van der Waals surface area (Å²) in [5.74, 6) is -0.788. The van der Waals surface area contributed by atoms with Crippen molar-refractivity contribution in [1.29, 1.82) is 0 Å². The third kappa shape index (κ3) is 2.87. The topological polar surface area (TPSA) is 75.1 Å². The van der Waals surface area contributed by atoms with Crippen LogP contribution in [0.2, 0.25) is 0 Å². The van der Waals surface area contributed by atoms with E-state index in [9.17, 15) is 9.18 Å². The minimum Gasteiger partial charge on any atom is -0.481 e. The third-order valence-corrected chi connectivity index (χ3v) is 4.98. The van der Waals surface area contributed by atoms with Crippen LogP contribution in [0.5, 0.6) is 5.88 Å². The van der Waals surface area contributed by atoms with Crippen LogP contribution in [0.25, 0.3) is 22.2 Å². The monoisotopic (exact) mass is 382 g/mol. The highest BCUT2D eigenvalue weighted by Gasteiger charge is 2.19. The first-order chi connectivity index (χ1) is 13.4. The van der Waals surface area contributed by atoms with Gasteiger partial charge < -0.3 is 9.15 Å². The highest BCUT2D eigenvalue weighted by Crippen LogP contribution is 2.28. The molecule has 0 aliphatic rings. The van der Waals surface area contributed by atoms with Gasteiger partial charge in [0.25, 0.3) is 0 Å². The van der Waals surface area contributed by atoms with E-state index in [-0.39, 0.29) is 12.1 Å². The van der Waals surface area contributed by atoms with Crippen molar-refractivity contribution in [1.82, 2.24) is 19.3 Å². The molecule has 7 nitrogen and oxygen atoms in total. The number of aromatic nitrogens is 4. The Bertz CT molecular complexity index is 1250. The number of hydrogen-bond acceptors (Lipinski definition) is 5. The summed E-state index contributed by atoms with van der Waals surface area (Å²) < 4.78 is 28.2. The van der Waals surface area contributed by atoms with Crippen molar-refractivity contribution in [3.63, 3.8) is 0 Å². The molecule has 0 atom stereocenters. The van der Waals surface area contributed by atoms with Crippen molar-refractivity contribution in [2.24, 2.45) is 7.05 Å². The molecule has 144 valence electrons. The molecule has 0 spiro atoms. The van der Waals surface area contributed by atoms with Gasteiger partial charge in [0.1, 0.15) is 0 Å². The van der Waals surface area contributed by atoms with E-state index < -0.39 is 11.6 Å². The van der Waals surface area contributed by atoms with Crippen molar-refractivity contribution >= 4 is 11.1 Å². The molecule has 3 heterocycles. The van der Waals surface area contributed by atoms with E-state index in [1.807, 2.05) is 20.9 Å². The number of pyridine rings is 1. The number of aryl methyl sites for hydroxylation is 2. The van der Waals surface area contributed by atoms with E-state index in [0.717, 1.165) is 22.5 Å². The highest BCUT2D eigenvalue weighted by molar-refractivity contribution is 5.81. The highest BCUT2D eigenvalue weighted by atomic mass is 19.1. The Morgan fingerprint density at radius 1 is 1.21 bits per heavy atom. The molecule has 0 unspecified atom stereocenters. The number of fused-ring (bicyclic) bond motifs is 1. The van der Waals surface area contributed by atoms with Crippen LogP contribution in [-0.2, 0) is 13.6 Å². The first-order valence-electron chi connectivity index (χ1n) is 8.71. The zero-order valence-corrected chi connectivity index (χ0v) is 16.0. The van der Waals surface area contributed by atoms with Crippen LogP contribution in [0.1, 0.15) is 17.0 Å². The van der Waals surface area contributed by atoms with Gasteiger partial charge in [-0.2, -0.15) is 5.10 Å². The smallest absolute Gasteiger partial charge is 0.420 e. The molecule has 4 aromatic rings. The maximum Gasteiger partial charge on any atom is 0.420 e. The van der Waals surface area contributed by atoms with Crippen molar-refractivity contribution in [2.75, 3.05) is 7.11 Å². The minimum atomic E-state index is -0.610. The van der Waals surface area contributed by atoms with Gasteiger partial charge in [0, 0.05) is 30.6 Å². The van der Waals surface area contributed by atoms with E-state index in [4.69, 9.17) is 9.15 Å². The summed E-state index contributed by atoms with van der Waals surface area (Å²) >= 11 is 0. The van der Waals surface area contributed by atoms with Crippen molar-refractivity contribution < 1.29 is 13.5 Å².